The molecule has 2 aromatic carbocycles. The van der Waals surface area contributed by atoms with Crippen molar-refractivity contribution < 1.29 is 13.6 Å². The fourth-order valence-corrected chi connectivity index (χ4v) is 2.33. The van der Waals surface area contributed by atoms with E-state index in [1.807, 2.05) is 6.07 Å². The van der Waals surface area contributed by atoms with Crippen molar-refractivity contribution >= 4 is 23.2 Å². The van der Waals surface area contributed by atoms with Gasteiger partial charge in [0.2, 0.25) is 5.95 Å². The fraction of sp³-hybridized carbons (Fsp3) is 0.0526. The summed E-state index contributed by atoms with van der Waals surface area (Å²) in [5, 5.41) is 14.0. The van der Waals surface area contributed by atoms with Gasteiger partial charge < -0.3 is 10.6 Å². The lowest BCUT2D eigenvalue weighted by Crippen LogP contribution is -2.17. The topological polar surface area (TPSA) is 90.7 Å². The number of carbonyl (C=O) groups excluding carboxylic acids is 1. The molecule has 6 nitrogen and oxygen atoms in total. The van der Waals surface area contributed by atoms with E-state index in [0.717, 1.165) is 12.1 Å². The predicted molar refractivity (Wildman–Crippen MR) is 95.5 cm³/mol. The van der Waals surface area contributed by atoms with Crippen LogP contribution >= 0.6 is 0 Å². The van der Waals surface area contributed by atoms with Crippen molar-refractivity contribution in [1.82, 2.24) is 9.97 Å². The van der Waals surface area contributed by atoms with Gasteiger partial charge in [0.25, 0.3) is 5.91 Å². The zero-order valence-electron chi connectivity index (χ0n) is 14.1. The molecule has 1 aromatic heterocycles. The molecule has 0 spiro atoms. The Morgan fingerprint density at radius 3 is 2.48 bits per heavy atom. The van der Waals surface area contributed by atoms with Crippen molar-refractivity contribution in [2.75, 3.05) is 10.6 Å². The SMILES string of the molecule is Cc1cc(C(=O)Nc2c(F)cccc2F)nc(Nc2cccc(C#N)c2)n1. The number of carbonyl (C=O) groups is 1. The number of amides is 1. The second kappa shape index (κ2) is 7.58. The van der Waals surface area contributed by atoms with Crippen LogP contribution in [-0.2, 0) is 0 Å². The minimum absolute atomic E-state index is 0.0657. The summed E-state index contributed by atoms with van der Waals surface area (Å²) in [5.74, 6) is -2.44. The van der Waals surface area contributed by atoms with E-state index < -0.39 is 23.2 Å². The lowest BCUT2D eigenvalue weighted by molar-refractivity contribution is 0.102. The lowest BCUT2D eigenvalue weighted by atomic mass is 10.2. The first-order valence-corrected chi connectivity index (χ1v) is 7.84. The van der Waals surface area contributed by atoms with Crippen molar-refractivity contribution in [1.29, 1.82) is 5.26 Å². The molecule has 0 atom stereocenters. The Labute approximate surface area is 153 Å². The van der Waals surface area contributed by atoms with E-state index in [2.05, 4.69) is 20.6 Å². The summed E-state index contributed by atoms with van der Waals surface area (Å²) >= 11 is 0. The average molecular weight is 365 g/mol. The van der Waals surface area contributed by atoms with Gasteiger partial charge in [0.1, 0.15) is 23.0 Å². The Hall–Kier alpha value is -3.86. The number of aryl methyl sites for hydroxylation is 1. The molecule has 1 heterocycles. The number of nitrogens with zero attached hydrogens (tertiary/aromatic N) is 3. The van der Waals surface area contributed by atoms with Crippen LogP contribution in [0.3, 0.4) is 0 Å². The van der Waals surface area contributed by atoms with Gasteiger partial charge in [-0.15, -0.1) is 0 Å². The number of hydrogen-bond acceptors (Lipinski definition) is 5. The van der Waals surface area contributed by atoms with Crippen molar-refractivity contribution in [2.45, 2.75) is 6.92 Å². The average Bonchev–Trinajstić information content (AvgIpc) is 2.64. The Morgan fingerprint density at radius 2 is 1.78 bits per heavy atom. The third-order valence-corrected chi connectivity index (χ3v) is 3.54. The highest BCUT2D eigenvalue weighted by Crippen LogP contribution is 2.20. The van der Waals surface area contributed by atoms with E-state index in [1.165, 1.54) is 12.1 Å². The number of halogens is 2. The molecule has 0 aliphatic rings. The van der Waals surface area contributed by atoms with E-state index in [0.29, 0.717) is 16.9 Å². The van der Waals surface area contributed by atoms with Gasteiger partial charge in [0.15, 0.2) is 0 Å². The number of para-hydroxylation sites is 1. The Balaban J connectivity index is 1.86. The molecule has 0 radical (unpaired) electrons. The summed E-state index contributed by atoms with van der Waals surface area (Å²) in [6.45, 7) is 1.65. The molecule has 0 saturated heterocycles. The molecule has 3 rings (SSSR count). The summed E-state index contributed by atoms with van der Waals surface area (Å²) in [6, 6.07) is 13.3. The first kappa shape index (κ1) is 17.9. The van der Waals surface area contributed by atoms with Gasteiger partial charge in [0, 0.05) is 11.4 Å². The monoisotopic (exact) mass is 365 g/mol. The van der Waals surface area contributed by atoms with Gasteiger partial charge in [-0.3, -0.25) is 4.79 Å². The summed E-state index contributed by atoms with van der Waals surface area (Å²) < 4.78 is 27.4. The molecule has 0 aliphatic carbocycles. The van der Waals surface area contributed by atoms with E-state index in [-0.39, 0.29) is 11.6 Å². The first-order chi connectivity index (χ1) is 13.0. The highest BCUT2D eigenvalue weighted by molar-refractivity contribution is 6.03. The minimum Gasteiger partial charge on any atom is -0.324 e. The maximum atomic E-state index is 13.7. The van der Waals surface area contributed by atoms with E-state index in [4.69, 9.17) is 5.26 Å². The van der Waals surface area contributed by atoms with Crippen molar-refractivity contribution in [3.05, 3.63) is 77.1 Å². The smallest absolute Gasteiger partial charge is 0.274 e. The van der Waals surface area contributed by atoms with Crippen LogP contribution in [-0.4, -0.2) is 15.9 Å². The van der Waals surface area contributed by atoms with Crippen molar-refractivity contribution in [2.24, 2.45) is 0 Å². The van der Waals surface area contributed by atoms with Gasteiger partial charge >= 0.3 is 0 Å². The van der Waals surface area contributed by atoms with E-state index >= 15 is 0 Å². The van der Waals surface area contributed by atoms with Crippen LogP contribution < -0.4 is 10.6 Å². The molecule has 0 aliphatic heterocycles. The number of hydrogen-bond donors (Lipinski definition) is 2. The standard InChI is InChI=1S/C19H13F2N5O/c1-11-8-16(18(27)26-17-14(20)6-3-7-15(17)21)25-19(23-11)24-13-5-2-4-12(9-13)10-22/h2-9H,1H3,(H,26,27)(H,23,24,25). The molecular weight excluding hydrogens is 352 g/mol. The number of anilines is 3. The van der Waals surface area contributed by atoms with Crippen LogP contribution in [0.25, 0.3) is 0 Å². The molecule has 8 heteroatoms. The quantitative estimate of drug-likeness (QED) is 0.731. The van der Waals surface area contributed by atoms with Gasteiger partial charge in [-0.05, 0) is 43.3 Å². The molecule has 27 heavy (non-hydrogen) atoms. The fourth-order valence-electron chi connectivity index (χ4n) is 2.33. The number of aromatic nitrogens is 2. The number of benzene rings is 2. The first-order valence-electron chi connectivity index (χ1n) is 7.84. The van der Waals surface area contributed by atoms with Crippen molar-refractivity contribution in [3.63, 3.8) is 0 Å². The number of rotatable bonds is 4. The predicted octanol–water partition coefficient (Wildman–Crippen LogP) is 3.93. The molecule has 0 unspecified atom stereocenters. The second-order valence-corrected chi connectivity index (χ2v) is 5.59. The van der Waals surface area contributed by atoms with E-state index in [9.17, 15) is 13.6 Å². The lowest BCUT2D eigenvalue weighted by Gasteiger charge is -2.10. The maximum Gasteiger partial charge on any atom is 0.274 e. The molecule has 2 N–H and O–H groups in total. The largest absolute Gasteiger partial charge is 0.324 e. The van der Waals surface area contributed by atoms with Crippen LogP contribution in [0.4, 0.5) is 26.1 Å². The van der Waals surface area contributed by atoms with Crippen LogP contribution in [0.2, 0.25) is 0 Å². The third-order valence-electron chi connectivity index (χ3n) is 3.54. The van der Waals surface area contributed by atoms with Crippen molar-refractivity contribution in [3.8, 4) is 6.07 Å². The van der Waals surface area contributed by atoms with Gasteiger partial charge in [-0.2, -0.15) is 5.26 Å². The normalized spacial score (nSPS) is 10.1. The molecule has 0 bridgehead atoms. The molecular formula is C19H13F2N5O. The zero-order valence-corrected chi connectivity index (χ0v) is 14.1. The second-order valence-electron chi connectivity index (χ2n) is 5.59. The molecule has 1 amide bonds. The summed E-state index contributed by atoms with van der Waals surface area (Å²) in [5.41, 5.74) is 0.869. The van der Waals surface area contributed by atoms with Gasteiger partial charge in [0.05, 0.1) is 11.6 Å². The Morgan fingerprint density at radius 1 is 1.07 bits per heavy atom. The third kappa shape index (κ3) is 4.22. The van der Waals surface area contributed by atoms with Crippen LogP contribution in [0, 0.1) is 29.9 Å². The van der Waals surface area contributed by atoms with Crippen LogP contribution in [0.5, 0.6) is 0 Å². The molecule has 134 valence electrons. The number of nitriles is 1. The molecule has 3 aromatic rings. The zero-order chi connectivity index (χ0) is 19.4. The minimum atomic E-state index is -0.888. The van der Waals surface area contributed by atoms with Gasteiger partial charge in [-0.25, -0.2) is 18.7 Å². The summed E-state index contributed by atoms with van der Waals surface area (Å²) in [7, 11) is 0. The Bertz CT molecular complexity index is 1040. The van der Waals surface area contributed by atoms with E-state index in [1.54, 1.807) is 31.2 Å². The highest BCUT2D eigenvalue weighted by Gasteiger charge is 2.16. The number of nitrogens with one attached hydrogen (secondary N) is 2. The maximum absolute atomic E-state index is 13.7. The van der Waals surface area contributed by atoms with Crippen LogP contribution in [0.15, 0.2) is 48.5 Å². The summed E-state index contributed by atoms with van der Waals surface area (Å²) in [4.78, 5) is 20.6. The summed E-state index contributed by atoms with van der Waals surface area (Å²) in [6.07, 6.45) is 0. The molecule has 0 fully saturated rings. The van der Waals surface area contributed by atoms with Gasteiger partial charge in [-0.1, -0.05) is 12.1 Å². The Kier molecular flexibility index (Phi) is 5.04. The van der Waals surface area contributed by atoms with Crippen LogP contribution in [0.1, 0.15) is 21.7 Å². The molecule has 0 saturated carbocycles. The highest BCUT2D eigenvalue weighted by atomic mass is 19.1.